The van der Waals surface area contributed by atoms with Crippen molar-refractivity contribution in [1.82, 2.24) is 5.43 Å². The van der Waals surface area contributed by atoms with Crippen molar-refractivity contribution in [3.63, 3.8) is 0 Å². The molecule has 2 rings (SSSR count). The third-order valence-electron chi connectivity index (χ3n) is 3.44. The third-order valence-corrected chi connectivity index (χ3v) is 4.92. The van der Waals surface area contributed by atoms with Gasteiger partial charge in [-0.25, -0.2) is 5.43 Å². The van der Waals surface area contributed by atoms with E-state index in [1.54, 1.807) is 19.2 Å². The Morgan fingerprint density at radius 1 is 1.19 bits per heavy atom. The van der Waals surface area contributed by atoms with Crippen LogP contribution in [0.5, 0.6) is 17.2 Å². The molecule has 2 aromatic carbocycles. The molecule has 144 valence electrons. The van der Waals surface area contributed by atoms with Crippen LogP contribution in [0.1, 0.15) is 18.1 Å². The number of nitrogens with one attached hydrogen (secondary N) is 1. The number of benzene rings is 2. The molecule has 0 unspecified atom stereocenters. The molecular formula is C19H20Br2N2O4. The minimum atomic E-state index is -0.358. The van der Waals surface area contributed by atoms with E-state index in [0.29, 0.717) is 23.9 Å². The quantitative estimate of drug-likeness (QED) is 0.430. The lowest BCUT2D eigenvalue weighted by Crippen LogP contribution is -2.24. The van der Waals surface area contributed by atoms with Crippen LogP contribution in [0.2, 0.25) is 0 Å². The molecule has 1 amide bonds. The highest BCUT2D eigenvalue weighted by Crippen LogP contribution is 2.36. The molecule has 27 heavy (non-hydrogen) atoms. The normalized spacial score (nSPS) is 10.7. The summed E-state index contributed by atoms with van der Waals surface area (Å²) < 4.78 is 18.0. The number of aryl methyl sites for hydroxylation is 1. The molecule has 8 heteroatoms. The molecule has 0 heterocycles. The first-order chi connectivity index (χ1) is 12.9. The molecule has 0 fully saturated rings. The average Bonchev–Trinajstić information content (AvgIpc) is 2.64. The number of rotatable bonds is 8. The smallest absolute Gasteiger partial charge is 0.277 e. The standard InChI is InChI=1S/C19H20Br2N2O4/c1-4-26-19-16(21)8-13(9-17(19)25-3)10-22-23-18(24)11-27-14-5-6-15(20)12(2)7-14/h5-10H,4,11H2,1-3H3,(H,23,24)/b22-10+. The van der Waals surface area contributed by atoms with Gasteiger partial charge >= 0.3 is 0 Å². The van der Waals surface area contributed by atoms with Crippen LogP contribution >= 0.6 is 31.9 Å². The second kappa shape index (κ2) is 10.3. The zero-order valence-corrected chi connectivity index (χ0v) is 18.4. The van der Waals surface area contributed by atoms with Crippen LogP contribution in [0, 0.1) is 6.92 Å². The number of carbonyl (C=O) groups excluding carboxylic acids is 1. The highest BCUT2D eigenvalue weighted by atomic mass is 79.9. The van der Waals surface area contributed by atoms with Crippen molar-refractivity contribution in [2.75, 3.05) is 20.3 Å². The molecule has 1 N–H and O–H groups in total. The molecule has 2 aromatic rings. The lowest BCUT2D eigenvalue weighted by Gasteiger charge is -2.12. The fourth-order valence-electron chi connectivity index (χ4n) is 2.17. The number of halogens is 2. The molecule has 0 saturated carbocycles. The first-order valence-electron chi connectivity index (χ1n) is 8.15. The summed E-state index contributed by atoms with van der Waals surface area (Å²) in [7, 11) is 1.56. The van der Waals surface area contributed by atoms with Crippen molar-refractivity contribution in [3.8, 4) is 17.2 Å². The predicted octanol–water partition coefficient (Wildman–Crippen LogP) is 4.46. The van der Waals surface area contributed by atoms with E-state index in [1.165, 1.54) is 6.21 Å². The topological polar surface area (TPSA) is 69.2 Å². The Kier molecular flexibility index (Phi) is 8.12. The van der Waals surface area contributed by atoms with Crippen LogP contribution in [-0.4, -0.2) is 32.4 Å². The van der Waals surface area contributed by atoms with Crippen molar-refractivity contribution in [2.45, 2.75) is 13.8 Å². The highest BCUT2D eigenvalue weighted by molar-refractivity contribution is 9.10. The van der Waals surface area contributed by atoms with Gasteiger partial charge in [0.25, 0.3) is 5.91 Å². The number of carbonyl (C=O) groups is 1. The van der Waals surface area contributed by atoms with E-state index in [4.69, 9.17) is 14.2 Å². The van der Waals surface area contributed by atoms with E-state index >= 15 is 0 Å². The molecule has 0 aliphatic heterocycles. The van der Waals surface area contributed by atoms with Gasteiger partial charge in [-0.05, 0) is 71.2 Å². The number of nitrogens with zero attached hydrogens (tertiary/aromatic N) is 1. The molecule has 0 atom stereocenters. The molecule has 0 radical (unpaired) electrons. The maximum absolute atomic E-state index is 11.9. The Hall–Kier alpha value is -2.06. The van der Waals surface area contributed by atoms with Crippen molar-refractivity contribution >= 4 is 44.0 Å². The fraction of sp³-hybridized carbons (Fsp3) is 0.263. The number of hydrazone groups is 1. The molecule has 0 aromatic heterocycles. The van der Waals surface area contributed by atoms with Crippen LogP contribution in [0.4, 0.5) is 0 Å². The van der Waals surface area contributed by atoms with Crippen molar-refractivity contribution < 1.29 is 19.0 Å². The Balaban J connectivity index is 1.93. The first-order valence-corrected chi connectivity index (χ1v) is 9.74. The second-order valence-electron chi connectivity index (χ2n) is 5.46. The largest absolute Gasteiger partial charge is 0.493 e. The number of ether oxygens (including phenoxy) is 3. The summed E-state index contributed by atoms with van der Waals surface area (Å²) in [4.78, 5) is 11.9. The summed E-state index contributed by atoms with van der Waals surface area (Å²) in [6.07, 6.45) is 1.52. The second-order valence-corrected chi connectivity index (χ2v) is 7.17. The minimum Gasteiger partial charge on any atom is -0.493 e. The minimum absolute atomic E-state index is 0.130. The monoisotopic (exact) mass is 498 g/mol. The number of hydrogen-bond acceptors (Lipinski definition) is 5. The highest BCUT2D eigenvalue weighted by Gasteiger charge is 2.10. The Morgan fingerprint density at radius 3 is 2.63 bits per heavy atom. The molecule has 0 bridgehead atoms. The SMILES string of the molecule is CCOc1c(Br)cc(/C=N/NC(=O)COc2ccc(Br)c(C)c2)cc1OC. The summed E-state index contributed by atoms with van der Waals surface area (Å²) in [6, 6.07) is 9.11. The number of hydrogen-bond donors (Lipinski definition) is 1. The third kappa shape index (κ3) is 6.25. The molecule has 0 aliphatic carbocycles. The lowest BCUT2D eigenvalue weighted by atomic mass is 10.2. The van der Waals surface area contributed by atoms with Gasteiger partial charge in [0.1, 0.15) is 5.75 Å². The molecule has 0 spiro atoms. The van der Waals surface area contributed by atoms with Gasteiger partial charge in [-0.15, -0.1) is 0 Å². The van der Waals surface area contributed by atoms with Crippen LogP contribution in [0.15, 0.2) is 44.4 Å². The van der Waals surface area contributed by atoms with E-state index in [2.05, 4.69) is 42.4 Å². The van der Waals surface area contributed by atoms with Crippen LogP contribution in [0.25, 0.3) is 0 Å². The Labute approximate surface area is 175 Å². The van der Waals surface area contributed by atoms with E-state index in [9.17, 15) is 4.79 Å². The Bertz CT molecular complexity index is 841. The Morgan fingerprint density at radius 2 is 1.96 bits per heavy atom. The molecule has 0 saturated heterocycles. The van der Waals surface area contributed by atoms with Gasteiger partial charge in [0, 0.05) is 4.47 Å². The van der Waals surface area contributed by atoms with Gasteiger partial charge in [0.15, 0.2) is 18.1 Å². The zero-order valence-electron chi connectivity index (χ0n) is 15.2. The van der Waals surface area contributed by atoms with Gasteiger partial charge in [-0.2, -0.15) is 5.10 Å². The summed E-state index contributed by atoms with van der Waals surface area (Å²) in [6.45, 7) is 4.24. The molecule has 0 aliphatic rings. The van der Waals surface area contributed by atoms with Crippen LogP contribution in [-0.2, 0) is 4.79 Å². The van der Waals surface area contributed by atoms with Gasteiger partial charge in [0.05, 0.1) is 24.4 Å². The van der Waals surface area contributed by atoms with Gasteiger partial charge < -0.3 is 14.2 Å². The van der Waals surface area contributed by atoms with Gasteiger partial charge in [-0.3, -0.25) is 4.79 Å². The summed E-state index contributed by atoms with van der Waals surface area (Å²) >= 11 is 6.86. The molecule has 6 nitrogen and oxygen atoms in total. The van der Waals surface area contributed by atoms with E-state index in [-0.39, 0.29) is 12.5 Å². The number of methoxy groups -OCH3 is 1. The summed E-state index contributed by atoms with van der Waals surface area (Å²) in [5.74, 6) is 1.46. The van der Waals surface area contributed by atoms with Crippen molar-refractivity contribution in [3.05, 3.63) is 50.4 Å². The van der Waals surface area contributed by atoms with Gasteiger partial charge in [-0.1, -0.05) is 15.9 Å². The van der Waals surface area contributed by atoms with E-state index in [1.807, 2.05) is 32.0 Å². The zero-order chi connectivity index (χ0) is 19.8. The maximum atomic E-state index is 11.9. The summed E-state index contributed by atoms with van der Waals surface area (Å²) in [5, 5.41) is 3.95. The van der Waals surface area contributed by atoms with Gasteiger partial charge in [0.2, 0.25) is 0 Å². The van der Waals surface area contributed by atoms with E-state index in [0.717, 1.165) is 20.1 Å². The number of amides is 1. The lowest BCUT2D eigenvalue weighted by molar-refractivity contribution is -0.123. The van der Waals surface area contributed by atoms with Crippen molar-refractivity contribution in [2.24, 2.45) is 5.10 Å². The van der Waals surface area contributed by atoms with E-state index < -0.39 is 0 Å². The van der Waals surface area contributed by atoms with Crippen molar-refractivity contribution in [1.29, 1.82) is 0 Å². The summed E-state index contributed by atoms with van der Waals surface area (Å²) in [5.41, 5.74) is 4.20. The van der Waals surface area contributed by atoms with Crippen LogP contribution < -0.4 is 19.6 Å². The first kappa shape index (κ1) is 21.2. The van der Waals surface area contributed by atoms with Crippen LogP contribution in [0.3, 0.4) is 0 Å². The average molecular weight is 500 g/mol. The predicted molar refractivity (Wildman–Crippen MR) is 112 cm³/mol. The molecular weight excluding hydrogens is 480 g/mol. The maximum Gasteiger partial charge on any atom is 0.277 e. The fourth-order valence-corrected chi connectivity index (χ4v) is 2.99.